The van der Waals surface area contributed by atoms with Gasteiger partial charge in [0.1, 0.15) is 0 Å². The number of carbonyl (C=O) groups excluding carboxylic acids is 2. The van der Waals surface area contributed by atoms with E-state index in [1.165, 1.54) is 0 Å². The van der Waals surface area contributed by atoms with E-state index in [9.17, 15) is 9.59 Å². The number of likely N-dealkylation sites (N-methyl/N-ethyl adjacent to an activating group) is 1. The molecule has 0 aromatic heterocycles. The Labute approximate surface area is 142 Å². The summed E-state index contributed by atoms with van der Waals surface area (Å²) in [6, 6.07) is 14.3. The van der Waals surface area contributed by atoms with Crippen LogP contribution in [0, 0.1) is 6.92 Å². The molecule has 0 atom stereocenters. The first-order valence-corrected chi connectivity index (χ1v) is 7.87. The minimum absolute atomic E-state index is 0.137. The zero-order valence-corrected chi connectivity index (χ0v) is 14.3. The van der Waals surface area contributed by atoms with Crippen LogP contribution in [0.25, 0.3) is 0 Å². The van der Waals surface area contributed by atoms with E-state index in [0.717, 1.165) is 17.8 Å². The lowest BCUT2D eigenvalue weighted by molar-refractivity contribution is 0.0949. The lowest BCUT2D eigenvalue weighted by Crippen LogP contribution is -2.31. The van der Waals surface area contributed by atoms with Crippen molar-refractivity contribution in [2.24, 2.45) is 0 Å². The number of hydrogen-bond donors (Lipinski definition) is 2. The van der Waals surface area contributed by atoms with Crippen LogP contribution < -0.4 is 10.6 Å². The normalized spacial score (nSPS) is 10.5. The van der Waals surface area contributed by atoms with E-state index in [0.29, 0.717) is 17.7 Å². The van der Waals surface area contributed by atoms with Crippen LogP contribution in [0.2, 0.25) is 0 Å². The third kappa shape index (κ3) is 5.21. The fourth-order valence-electron chi connectivity index (χ4n) is 2.19. The number of benzene rings is 2. The Morgan fingerprint density at radius 3 is 2.17 bits per heavy atom. The summed E-state index contributed by atoms with van der Waals surface area (Å²) in [6.07, 6.45) is 0. The Bertz CT molecular complexity index is 709. The summed E-state index contributed by atoms with van der Waals surface area (Å²) in [5.41, 5.74) is 2.89. The summed E-state index contributed by atoms with van der Waals surface area (Å²) < 4.78 is 0. The molecule has 0 fully saturated rings. The molecule has 0 unspecified atom stereocenters. The van der Waals surface area contributed by atoms with Gasteiger partial charge >= 0.3 is 0 Å². The minimum Gasteiger partial charge on any atom is -0.351 e. The summed E-state index contributed by atoms with van der Waals surface area (Å²) in [6.45, 7) is 3.34. The summed E-state index contributed by atoms with van der Waals surface area (Å²) >= 11 is 0. The quantitative estimate of drug-likeness (QED) is 0.858. The van der Waals surface area contributed by atoms with E-state index in [1.807, 2.05) is 50.2 Å². The molecule has 2 aromatic carbocycles. The van der Waals surface area contributed by atoms with Crippen molar-refractivity contribution in [2.75, 3.05) is 32.5 Å². The van der Waals surface area contributed by atoms with Gasteiger partial charge in [-0.2, -0.15) is 0 Å². The van der Waals surface area contributed by atoms with Crippen molar-refractivity contribution < 1.29 is 9.59 Å². The molecule has 5 heteroatoms. The molecule has 2 N–H and O–H groups in total. The van der Waals surface area contributed by atoms with Gasteiger partial charge in [0.2, 0.25) is 0 Å². The van der Waals surface area contributed by atoms with Gasteiger partial charge in [0.15, 0.2) is 0 Å². The Morgan fingerprint density at radius 1 is 0.958 bits per heavy atom. The van der Waals surface area contributed by atoms with Crippen molar-refractivity contribution >= 4 is 17.5 Å². The molecule has 0 radical (unpaired) electrons. The number of amides is 2. The molecule has 5 nitrogen and oxygen atoms in total. The summed E-state index contributed by atoms with van der Waals surface area (Å²) in [5, 5.41) is 5.69. The highest BCUT2D eigenvalue weighted by molar-refractivity contribution is 6.05. The van der Waals surface area contributed by atoms with E-state index < -0.39 is 0 Å². The Balaban J connectivity index is 1.95. The lowest BCUT2D eigenvalue weighted by Gasteiger charge is -2.10. The van der Waals surface area contributed by atoms with Crippen LogP contribution in [0.5, 0.6) is 0 Å². The average molecular weight is 325 g/mol. The predicted octanol–water partition coefficient (Wildman–Crippen LogP) is 2.54. The van der Waals surface area contributed by atoms with Crippen LogP contribution in [-0.4, -0.2) is 43.9 Å². The maximum absolute atomic E-state index is 12.2. The van der Waals surface area contributed by atoms with Crippen molar-refractivity contribution in [3.8, 4) is 0 Å². The summed E-state index contributed by atoms with van der Waals surface area (Å²) in [7, 11) is 3.90. The van der Waals surface area contributed by atoms with Crippen LogP contribution in [0.3, 0.4) is 0 Å². The van der Waals surface area contributed by atoms with Gasteiger partial charge in [-0.3, -0.25) is 9.59 Å². The molecule has 0 heterocycles. The number of nitrogens with one attached hydrogen (secondary N) is 2. The lowest BCUT2D eigenvalue weighted by atomic mass is 10.1. The summed E-state index contributed by atoms with van der Waals surface area (Å²) in [5.74, 6) is -0.331. The van der Waals surface area contributed by atoms with Gasteiger partial charge in [0.05, 0.1) is 0 Å². The third-order valence-corrected chi connectivity index (χ3v) is 3.53. The van der Waals surface area contributed by atoms with E-state index in [4.69, 9.17) is 0 Å². The van der Waals surface area contributed by atoms with E-state index in [2.05, 4.69) is 10.6 Å². The maximum Gasteiger partial charge on any atom is 0.255 e. The van der Waals surface area contributed by atoms with Gasteiger partial charge < -0.3 is 15.5 Å². The van der Waals surface area contributed by atoms with Crippen molar-refractivity contribution in [2.45, 2.75) is 6.92 Å². The monoisotopic (exact) mass is 325 g/mol. The maximum atomic E-state index is 12.2. The Hall–Kier alpha value is -2.66. The van der Waals surface area contributed by atoms with Crippen LogP contribution in [0.1, 0.15) is 26.3 Å². The third-order valence-electron chi connectivity index (χ3n) is 3.53. The van der Waals surface area contributed by atoms with Crippen LogP contribution >= 0.6 is 0 Å². The standard InChI is InChI=1S/C19H23N3O2/c1-14-5-4-6-17(13-14)21-19(24)16-9-7-15(8-10-16)18(23)20-11-12-22(2)3/h4-10,13H,11-12H2,1-3H3,(H,20,23)(H,21,24). The molecule has 0 aliphatic heterocycles. The number of aryl methyl sites for hydroxylation is 1. The second-order valence-electron chi connectivity index (χ2n) is 5.96. The number of rotatable bonds is 6. The second-order valence-corrected chi connectivity index (χ2v) is 5.96. The van der Waals surface area contributed by atoms with Crippen molar-refractivity contribution in [3.63, 3.8) is 0 Å². The van der Waals surface area contributed by atoms with Gasteiger partial charge in [0.25, 0.3) is 11.8 Å². The van der Waals surface area contributed by atoms with Gasteiger partial charge in [-0.05, 0) is 63.0 Å². The van der Waals surface area contributed by atoms with E-state index in [1.54, 1.807) is 24.3 Å². The molecule has 0 aliphatic carbocycles. The predicted molar refractivity (Wildman–Crippen MR) is 96.5 cm³/mol. The summed E-state index contributed by atoms with van der Waals surface area (Å²) in [4.78, 5) is 26.2. The van der Waals surface area contributed by atoms with E-state index in [-0.39, 0.29) is 11.8 Å². The molecule has 126 valence electrons. The molecule has 24 heavy (non-hydrogen) atoms. The van der Waals surface area contributed by atoms with Crippen LogP contribution in [-0.2, 0) is 0 Å². The van der Waals surface area contributed by atoms with Gasteiger partial charge in [-0.25, -0.2) is 0 Å². The molecule has 2 rings (SSSR count). The van der Waals surface area contributed by atoms with Crippen molar-refractivity contribution in [1.29, 1.82) is 0 Å². The van der Waals surface area contributed by atoms with E-state index >= 15 is 0 Å². The molecular formula is C19H23N3O2. The highest BCUT2D eigenvalue weighted by atomic mass is 16.2. The smallest absolute Gasteiger partial charge is 0.255 e. The molecular weight excluding hydrogens is 302 g/mol. The van der Waals surface area contributed by atoms with Crippen LogP contribution in [0.4, 0.5) is 5.69 Å². The zero-order valence-electron chi connectivity index (χ0n) is 14.3. The molecule has 0 aliphatic rings. The fourth-order valence-corrected chi connectivity index (χ4v) is 2.19. The minimum atomic E-state index is -0.194. The Kier molecular flexibility index (Phi) is 6.09. The molecule has 2 aromatic rings. The molecule has 0 saturated carbocycles. The first kappa shape index (κ1) is 17.7. The molecule has 2 amide bonds. The van der Waals surface area contributed by atoms with Crippen molar-refractivity contribution in [1.82, 2.24) is 10.2 Å². The first-order valence-electron chi connectivity index (χ1n) is 7.87. The molecule has 0 bridgehead atoms. The fraction of sp³-hybridized carbons (Fsp3) is 0.263. The van der Waals surface area contributed by atoms with Crippen molar-refractivity contribution in [3.05, 3.63) is 65.2 Å². The van der Waals surface area contributed by atoms with Gasteiger partial charge in [-0.15, -0.1) is 0 Å². The molecule has 0 spiro atoms. The zero-order chi connectivity index (χ0) is 17.5. The van der Waals surface area contributed by atoms with Gasteiger partial charge in [0, 0.05) is 29.9 Å². The van der Waals surface area contributed by atoms with Gasteiger partial charge in [-0.1, -0.05) is 12.1 Å². The number of carbonyl (C=O) groups is 2. The largest absolute Gasteiger partial charge is 0.351 e. The SMILES string of the molecule is Cc1cccc(NC(=O)c2ccc(C(=O)NCCN(C)C)cc2)c1. The second kappa shape index (κ2) is 8.26. The number of nitrogens with zero attached hydrogens (tertiary/aromatic N) is 1. The van der Waals surface area contributed by atoms with Crippen LogP contribution in [0.15, 0.2) is 48.5 Å². The number of anilines is 1. The first-order chi connectivity index (χ1) is 11.5. The highest BCUT2D eigenvalue weighted by Crippen LogP contribution is 2.12. The Morgan fingerprint density at radius 2 is 1.58 bits per heavy atom. The average Bonchev–Trinajstić information content (AvgIpc) is 2.54. The highest BCUT2D eigenvalue weighted by Gasteiger charge is 2.09. The topological polar surface area (TPSA) is 61.4 Å². The number of hydrogen-bond acceptors (Lipinski definition) is 3. The molecule has 0 saturated heterocycles.